The van der Waals surface area contributed by atoms with Crippen LogP contribution >= 0.6 is 0 Å². The zero-order valence-corrected chi connectivity index (χ0v) is 39.5. The maximum absolute atomic E-state index is 14.7. The average molecular weight is 943 g/mol. The van der Waals surface area contributed by atoms with Gasteiger partial charge in [0.1, 0.15) is 73.2 Å². The van der Waals surface area contributed by atoms with Crippen LogP contribution in [0.15, 0.2) is 11.6 Å². The highest BCUT2D eigenvalue weighted by molar-refractivity contribution is 5.79. The standard InChI is InChI=1S/C48H78O18/c1-43(2)14-16-48(42(60)66-41-36(58)33(55)31(53)25(20-50)62-41)17-15-46(6)22(23(48)18-43)8-9-28-45(5)12-11-29(44(3,4)27(45)10-13-47(28,46)7)64-39-37(59)34(56)38(26(21-51)63-39)65-40-35(57)32(54)30(52)24(19-49)61-40/h8,23-41,49-59H,9-21H2,1-7H3/t23?,24-,25-,26-,27?,28?,29+,30-,31-,32+,33+,34-,35-,36-,37-,38-,39+,40-,41+,45+,46-,47-,48+/m1/s1. The van der Waals surface area contributed by atoms with Crippen LogP contribution < -0.4 is 0 Å². The first kappa shape index (κ1) is 50.9. The van der Waals surface area contributed by atoms with Crippen LogP contribution in [0.5, 0.6) is 0 Å². The van der Waals surface area contributed by atoms with Crippen LogP contribution in [0.4, 0.5) is 0 Å². The lowest BCUT2D eigenvalue weighted by Gasteiger charge is -2.71. The highest BCUT2D eigenvalue weighted by Gasteiger charge is 2.70. The number of carbonyl (C=O) groups is 1. The minimum atomic E-state index is -1.77. The lowest BCUT2D eigenvalue weighted by Crippen LogP contribution is -2.67. The Hall–Kier alpha value is -1.43. The maximum Gasteiger partial charge on any atom is 0.315 e. The Balaban J connectivity index is 0.998. The van der Waals surface area contributed by atoms with E-state index in [0.29, 0.717) is 19.3 Å². The minimum Gasteiger partial charge on any atom is -0.432 e. The van der Waals surface area contributed by atoms with E-state index in [2.05, 4.69) is 54.5 Å². The largest absolute Gasteiger partial charge is 0.432 e. The Labute approximate surface area is 387 Å². The molecule has 0 amide bonds. The van der Waals surface area contributed by atoms with Crippen molar-refractivity contribution in [2.45, 2.75) is 211 Å². The number of carbonyl (C=O) groups excluding carboxylic acids is 1. The first-order valence-corrected chi connectivity index (χ1v) is 24.3. The van der Waals surface area contributed by atoms with E-state index in [-0.39, 0.29) is 39.4 Å². The molecule has 0 aromatic rings. The van der Waals surface area contributed by atoms with Crippen LogP contribution in [0.1, 0.15) is 113 Å². The molecule has 11 N–H and O–H groups in total. The van der Waals surface area contributed by atoms with Gasteiger partial charge >= 0.3 is 5.97 Å². The van der Waals surface area contributed by atoms with E-state index in [9.17, 15) is 61.0 Å². The maximum atomic E-state index is 14.7. The van der Waals surface area contributed by atoms with Crippen LogP contribution in [-0.4, -0.2) is 180 Å². The molecule has 378 valence electrons. The summed E-state index contributed by atoms with van der Waals surface area (Å²) in [4.78, 5) is 14.7. The average Bonchev–Trinajstić information content (AvgIpc) is 3.27. The third kappa shape index (κ3) is 7.87. The summed E-state index contributed by atoms with van der Waals surface area (Å²) < 4.78 is 35.6. The Bertz CT molecular complexity index is 1790. The van der Waals surface area contributed by atoms with Crippen molar-refractivity contribution >= 4 is 5.97 Å². The second-order valence-corrected chi connectivity index (χ2v) is 23.5. The summed E-state index contributed by atoms with van der Waals surface area (Å²) in [6.45, 7) is 14.1. The SMILES string of the molecule is CC1(C)CC[C@]2(C(=O)O[C@@H]3O[C@H](CO)[C@@H](O)[C@H](O)[C@H]3O)CC[C@]3(C)C(=CCC4[C@@]5(C)CC[C@H](O[C@@H]6O[C@H](CO)[C@@H](O[C@H]7O[C@H](CO)[C@@H](O)[C@H](O)[C@H]7O)[C@H](O)[C@H]6O)C(C)(C)C5CC[C@]43C)C2C1. The van der Waals surface area contributed by atoms with E-state index >= 15 is 0 Å². The van der Waals surface area contributed by atoms with Crippen molar-refractivity contribution in [1.82, 2.24) is 0 Å². The number of aliphatic hydroxyl groups excluding tert-OH is 11. The van der Waals surface area contributed by atoms with Crippen LogP contribution in [0.3, 0.4) is 0 Å². The Morgan fingerprint density at radius 1 is 0.606 bits per heavy atom. The van der Waals surface area contributed by atoms with E-state index in [0.717, 1.165) is 44.9 Å². The summed E-state index contributed by atoms with van der Waals surface area (Å²) in [6, 6.07) is 0. The molecule has 3 unspecified atom stereocenters. The fourth-order valence-electron chi connectivity index (χ4n) is 15.0. The first-order valence-electron chi connectivity index (χ1n) is 24.3. The number of fused-ring (bicyclic) bond motifs is 7. The molecule has 18 heteroatoms. The van der Waals surface area contributed by atoms with Crippen molar-refractivity contribution in [2.75, 3.05) is 19.8 Å². The Morgan fingerprint density at radius 2 is 1.15 bits per heavy atom. The molecule has 23 atom stereocenters. The molecule has 0 aromatic carbocycles. The fraction of sp³-hybridized carbons (Fsp3) is 0.938. The van der Waals surface area contributed by atoms with Gasteiger partial charge in [-0.05, 0) is 109 Å². The van der Waals surface area contributed by atoms with Crippen molar-refractivity contribution < 1.29 is 89.4 Å². The lowest BCUT2D eigenvalue weighted by molar-refractivity contribution is -0.368. The number of aliphatic hydroxyl groups is 11. The number of hydrogen-bond acceptors (Lipinski definition) is 18. The molecule has 5 aliphatic carbocycles. The molecule has 0 aromatic heterocycles. The summed E-state index contributed by atoms with van der Waals surface area (Å²) in [5.74, 6) is -0.157. The van der Waals surface area contributed by atoms with Crippen LogP contribution in [-0.2, 0) is 33.2 Å². The summed E-state index contributed by atoms with van der Waals surface area (Å²) in [6.07, 6.45) is -13.5. The Morgan fingerprint density at radius 3 is 1.77 bits per heavy atom. The van der Waals surface area contributed by atoms with Gasteiger partial charge in [-0.25, -0.2) is 0 Å². The molecule has 8 rings (SSSR count). The van der Waals surface area contributed by atoms with Gasteiger partial charge in [0, 0.05) is 0 Å². The van der Waals surface area contributed by atoms with Gasteiger partial charge in [0.15, 0.2) is 12.6 Å². The van der Waals surface area contributed by atoms with Crippen molar-refractivity contribution in [2.24, 2.45) is 50.2 Å². The minimum absolute atomic E-state index is 0.0540. The molecule has 3 heterocycles. The predicted molar refractivity (Wildman–Crippen MR) is 230 cm³/mol. The van der Waals surface area contributed by atoms with Crippen molar-refractivity contribution in [3.8, 4) is 0 Å². The van der Waals surface area contributed by atoms with Crippen LogP contribution in [0, 0.1) is 50.2 Å². The van der Waals surface area contributed by atoms with Gasteiger partial charge < -0.3 is 84.6 Å². The normalized spacial score (nSPS) is 53.3. The van der Waals surface area contributed by atoms with Gasteiger partial charge in [-0.3, -0.25) is 4.79 Å². The number of esters is 1. The summed E-state index contributed by atoms with van der Waals surface area (Å²) in [5.41, 5.74) is -0.613. The van der Waals surface area contributed by atoms with E-state index in [1.165, 1.54) is 5.57 Å². The van der Waals surface area contributed by atoms with Gasteiger partial charge in [0.2, 0.25) is 6.29 Å². The molecule has 0 spiro atoms. The van der Waals surface area contributed by atoms with Gasteiger partial charge in [-0.2, -0.15) is 0 Å². The predicted octanol–water partition coefficient (Wildman–Crippen LogP) is 0.141. The van der Waals surface area contributed by atoms with E-state index in [1.54, 1.807) is 0 Å². The molecule has 18 nitrogen and oxygen atoms in total. The number of rotatable bonds is 9. The molecular weight excluding hydrogens is 865 g/mol. The number of allylic oxidation sites excluding steroid dienone is 2. The molecule has 0 bridgehead atoms. The summed E-state index contributed by atoms with van der Waals surface area (Å²) in [7, 11) is 0. The van der Waals surface area contributed by atoms with Gasteiger partial charge in [0.25, 0.3) is 0 Å². The van der Waals surface area contributed by atoms with E-state index in [1.807, 2.05) is 0 Å². The quantitative estimate of drug-likeness (QED) is 0.0833. The zero-order valence-electron chi connectivity index (χ0n) is 39.5. The van der Waals surface area contributed by atoms with Gasteiger partial charge in [-0.1, -0.05) is 60.1 Å². The van der Waals surface area contributed by atoms with E-state index < -0.39 is 135 Å². The fourth-order valence-corrected chi connectivity index (χ4v) is 15.0. The highest BCUT2D eigenvalue weighted by Crippen LogP contribution is 2.76. The molecule has 7 fully saturated rings. The monoisotopic (exact) mass is 943 g/mol. The molecule has 4 saturated carbocycles. The number of ether oxygens (including phenoxy) is 6. The molecule has 8 aliphatic rings. The second kappa shape index (κ2) is 18.0. The van der Waals surface area contributed by atoms with Gasteiger partial charge in [-0.15, -0.1) is 0 Å². The van der Waals surface area contributed by atoms with Gasteiger partial charge in [0.05, 0.1) is 31.3 Å². The first-order chi connectivity index (χ1) is 30.9. The molecule has 66 heavy (non-hydrogen) atoms. The molecule has 0 radical (unpaired) electrons. The highest BCUT2D eigenvalue weighted by atomic mass is 16.7. The summed E-state index contributed by atoms with van der Waals surface area (Å²) >= 11 is 0. The van der Waals surface area contributed by atoms with E-state index in [4.69, 9.17) is 28.4 Å². The number of hydrogen-bond donors (Lipinski definition) is 11. The second-order valence-electron chi connectivity index (χ2n) is 23.5. The van der Waals surface area contributed by atoms with Crippen molar-refractivity contribution in [1.29, 1.82) is 0 Å². The Kier molecular flexibility index (Phi) is 13.9. The smallest absolute Gasteiger partial charge is 0.315 e. The van der Waals surface area contributed by atoms with Crippen LogP contribution in [0.25, 0.3) is 0 Å². The summed E-state index contributed by atoms with van der Waals surface area (Å²) in [5, 5.41) is 115. The third-order valence-electron chi connectivity index (χ3n) is 19.3. The zero-order chi connectivity index (χ0) is 48.3. The topological polar surface area (TPSA) is 295 Å². The van der Waals surface area contributed by atoms with Crippen molar-refractivity contribution in [3.63, 3.8) is 0 Å². The lowest BCUT2D eigenvalue weighted by atomic mass is 9.33. The van der Waals surface area contributed by atoms with Crippen LogP contribution in [0.2, 0.25) is 0 Å². The molecular formula is C48H78O18. The van der Waals surface area contributed by atoms with Crippen molar-refractivity contribution in [3.05, 3.63) is 11.6 Å². The third-order valence-corrected chi connectivity index (χ3v) is 19.3. The molecule has 3 saturated heterocycles. The molecule has 3 aliphatic heterocycles.